The van der Waals surface area contributed by atoms with Crippen LogP contribution in [-0.2, 0) is 0 Å². The summed E-state index contributed by atoms with van der Waals surface area (Å²) < 4.78 is 0. The summed E-state index contributed by atoms with van der Waals surface area (Å²) in [6.07, 6.45) is 7.16. The van der Waals surface area contributed by atoms with Crippen LogP contribution in [0.15, 0.2) is 24.3 Å². The largest absolute Gasteiger partial charge is 0.305 e. The maximum Gasteiger partial charge on any atom is 0.0348 e. The normalized spacial score (nSPS) is 29.0. The van der Waals surface area contributed by atoms with Gasteiger partial charge in [-0.3, -0.25) is 0 Å². The summed E-state index contributed by atoms with van der Waals surface area (Å²) in [5.41, 5.74) is 2.03. The van der Waals surface area contributed by atoms with E-state index in [9.17, 15) is 0 Å². The number of allylic oxidation sites excluding steroid dienone is 3. The van der Waals surface area contributed by atoms with Crippen LogP contribution in [0.1, 0.15) is 26.2 Å². The second-order valence-corrected chi connectivity index (χ2v) is 3.03. The van der Waals surface area contributed by atoms with Crippen LogP contribution in [0.5, 0.6) is 0 Å². The predicted octanol–water partition coefficient (Wildman–Crippen LogP) is 2.94. The van der Waals surface area contributed by atoms with Gasteiger partial charge in [0.15, 0.2) is 0 Å². The van der Waals surface area contributed by atoms with Crippen molar-refractivity contribution in [2.45, 2.75) is 26.2 Å². The summed E-state index contributed by atoms with van der Waals surface area (Å²) >= 11 is 0. The first-order valence-electron chi connectivity index (χ1n) is 4.13. The Morgan fingerprint density at radius 2 is 2.36 bits per heavy atom. The Labute approximate surface area is 68.3 Å². The minimum absolute atomic E-state index is 0.547. The number of rotatable bonds is 1. The second-order valence-electron chi connectivity index (χ2n) is 3.03. The Kier molecular flexibility index (Phi) is 2.64. The van der Waals surface area contributed by atoms with Crippen LogP contribution >= 0.6 is 0 Å². The summed E-state index contributed by atoms with van der Waals surface area (Å²) in [5, 5.41) is 7.66. The van der Waals surface area contributed by atoms with Crippen molar-refractivity contribution in [2.75, 3.05) is 0 Å². The molecule has 1 unspecified atom stereocenters. The molecular weight excluding hydrogens is 134 g/mol. The number of nitrogens with one attached hydrogen (secondary N) is 1. The summed E-state index contributed by atoms with van der Waals surface area (Å²) in [7, 11) is 0. The van der Waals surface area contributed by atoms with Gasteiger partial charge in [0.2, 0.25) is 0 Å². The van der Waals surface area contributed by atoms with E-state index < -0.39 is 0 Å². The quantitative estimate of drug-likeness (QED) is 0.554. The van der Waals surface area contributed by atoms with Crippen molar-refractivity contribution < 1.29 is 0 Å². The lowest BCUT2D eigenvalue weighted by Crippen LogP contribution is -2.15. The third kappa shape index (κ3) is 1.79. The van der Waals surface area contributed by atoms with Crippen molar-refractivity contribution in [1.82, 2.24) is 0 Å². The van der Waals surface area contributed by atoms with Crippen LogP contribution in [0.2, 0.25) is 0 Å². The molecule has 0 bridgehead atoms. The monoisotopic (exact) mass is 149 g/mol. The van der Waals surface area contributed by atoms with E-state index in [1.165, 1.54) is 12.0 Å². The average Bonchev–Trinajstić information content (AvgIpc) is 2.04. The highest BCUT2D eigenvalue weighted by Crippen LogP contribution is 2.25. The summed E-state index contributed by atoms with van der Waals surface area (Å²) in [6, 6.07) is 0. The van der Waals surface area contributed by atoms with Gasteiger partial charge in [-0.1, -0.05) is 12.2 Å². The molecule has 1 saturated carbocycles. The zero-order valence-electron chi connectivity index (χ0n) is 7.06. The van der Waals surface area contributed by atoms with E-state index in [2.05, 4.69) is 12.7 Å². The summed E-state index contributed by atoms with van der Waals surface area (Å²) in [6.45, 7) is 5.77. The molecule has 0 aromatic rings. The number of hydrogen-bond donors (Lipinski definition) is 1. The Morgan fingerprint density at radius 3 is 2.82 bits per heavy atom. The summed E-state index contributed by atoms with van der Waals surface area (Å²) in [4.78, 5) is 0. The third-order valence-corrected chi connectivity index (χ3v) is 2.32. The highest BCUT2D eigenvalue weighted by molar-refractivity contribution is 5.98. The van der Waals surface area contributed by atoms with Gasteiger partial charge in [-0.2, -0.15) is 0 Å². The molecule has 0 saturated heterocycles. The van der Waals surface area contributed by atoms with E-state index in [0.717, 1.165) is 18.6 Å². The van der Waals surface area contributed by atoms with Gasteiger partial charge < -0.3 is 5.41 Å². The van der Waals surface area contributed by atoms with E-state index in [1.54, 1.807) is 0 Å². The highest BCUT2D eigenvalue weighted by Gasteiger charge is 2.17. The van der Waals surface area contributed by atoms with Crippen molar-refractivity contribution in [3.05, 3.63) is 24.3 Å². The molecule has 60 valence electrons. The van der Waals surface area contributed by atoms with E-state index in [1.807, 2.05) is 13.0 Å². The molecule has 1 aliphatic rings. The molecule has 1 heteroatoms. The Bertz CT molecular complexity index is 201. The first kappa shape index (κ1) is 8.25. The predicted molar refractivity (Wildman–Crippen MR) is 49.0 cm³/mol. The maximum atomic E-state index is 7.66. The molecule has 0 amide bonds. The lowest BCUT2D eigenvalue weighted by Gasteiger charge is -2.21. The first-order chi connectivity index (χ1) is 5.27. The van der Waals surface area contributed by atoms with Gasteiger partial charge in [-0.05, 0) is 37.7 Å². The van der Waals surface area contributed by atoms with Crippen LogP contribution < -0.4 is 0 Å². The van der Waals surface area contributed by atoms with E-state index >= 15 is 0 Å². The van der Waals surface area contributed by atoms with Gasteiger partial charge in [0.1, 0.15) is 0 Å². The molecule has 1 nitrogen and oxygen atoms in total. The number of hydrogen-bond acceptors (Lipinski definition) is 1. The topological polar surface area (TPSA) is 23.9 Å². The highest BCUT2D eigenvalue weighted by atomic mass is 14.4. The van der Waals surface area contributed by atoms with Crippen molar-refractivity contribution in [3.8, 4) is 0 Å². The van der Waals surface area contributed by atoms with E-state index in [4.69, 9.17) is 5.41 Å². The molecule has 11 heavy (non-hydrogen) atoms. The average molecular weight is 149 g/mol. The fourth-order valence-corrected chi connectivity index (χ4v) is 1.51. The second kappa shape index (κ2) is 3.51. The maximum absolute atomic E-state index is 7.66. The van der Waals surface area contributed by atoms with Crippen molar-refractivity contribution >= 4 is 5.71 Å². The molecule has 0 aromatic heterocycles. The van der Waals surface area contributed by atoms with Crippen molar-refractivity contribution in [1.29, 1.82) is 5.41 Å². The molecule has 0 aliphatic heterocycles. The zero-order valence-corrected chi connectivity index (χ0v) is 7.06. The molecule has 0 spiro atoms. The first-order valence-corrected chi connectivity index (χ1v) is 4.13. The molecule has 1 fully saturated rings. The van der Waals surface area contributed by atoms with E-state index in [0.29, 0.717) is 5.92 Å². The van der Waals surface area contributed by atoms with Gasteiger partial charge in [-0.25, -0.2) is 0 Å². The third-order valence-electron chi connectivity index (χ3n) is 2.32. The Hall–Kier alpha value is -0.850. The fourth-order valence-electron chi connectivity index (χ4n) is 1.51. The Morgan fingerprint density at radius 1 is 1.64 bits per heavy atom. The van der Waals surface area contributed by atoms with Crippen LogP contribution in [0.25, 0.3) is 0 Å². The van der Waals surface area contributed by atoms with Gasteiger partial charge in [0.25, 0.3) is 0 Å². The molecule has 1 aliphatic carbocycles. The zero-order chi connectivity index (χ0) is 8.27. The van der Waals surface area contributed by atoms with Crippen LogP contribution in [0.3, 0.4) is 0 Å². The standard InChI is InChI=1S/C10H15N/c1-3-8-5-6-9(4-2)10(11)7-8/h3-4,8,11H,1,5-7H2,2H3/b9-4+,11-10?. The fraction of sp³-hybridized carbons (Fsp3) is 0.500. The molecule has 1 N–H and O–H groups in total. The lowest BCUT2D eigenvalue weighted by atomic mass is 9.84. The molecule has 0 radical (unpaired) electrons. The molecule has 0 aromatic carbocycles. The van der Waals surface area contributed by atoms with Gasteiger partial charge in [-0.15, -0.1) is 6.58 Å². The molecule has 0 heterocycles. The molecule has 1 rings (SSSR count). The van der Waals surface area contributed by atoms with Gasteiger partial charge in [0.05, 0.1) is 0 Å². The van der Waals surface area contributed by atoms with Crippen molar-refractivity contribution in [2.24, 2.45) is 5.92 Å². The van der Waals surface area contributed by atoms with Gasteiger partial charge in [0, 0.05) is 5.71 Å². The SMILES string of the molecule is C=CC1CC/C(=C\C)C(=N)C1. The Balaban J connectivity index is 2.61. The summed E-state index contributed by atoms with van der Waals surface area (Å²) in [5.74, 6) is 0.547. The molecule has 1 atom stereocenters. The van der Waals surface area contributed by atoms with Crippen LogP contribution in [0.4, 0.5) is 0 Å². The smallest absolute Gasteiger partial charge is 0.0348 e. The van der Waals surface area contributed by atoms with E-state index in [-0.39, 0.29) is 0 Å². The minimum Gasteiger partial charge on any atom is -0.305 e. The minimum atomic E-state index is 0.547. The lowest BCUT2D eigenvalue weighted by molar-refractivity contribution is 0.590. The van der Waals surface area contributed by atoms with Gasteiger partial charge >= 0.3 is 0 Å². The van der Waals surface area contributed by atoms with Crippen LogP contribution in [0, 0.1) is 11.3 Å². The van der Waals surface area contributed by atoms with Crippen molar-refractivity contribution in [3.63, 3.8) is 0 Å². The van der Waals surface area contributed by atoms with Crippen LogP contribution in [-0.4, -0.2) is 5.71 Å². The molecular formula is C10H15N.